The van der Waals surface area contributed by atoms with Crippen molar-refractivity contribution in [1.29, 1.82) is 0 Å². The molecule has 40 heavy (non-hydrogen) atoms. The molecule has 0 N–H and O–H groups in total. The third-order valence-corrected chi connectivity index (χ3v) is 13.3. The van der Waals surface area contributed by atoms with Crippen LogP contribution in [0.1, 0.15) is 145 Å². The fourth-order valence-corrected chi connectivity index (χ4v) is 6.69. The van der Waals surface area contributed by atoms with Crippen LogP contribution in [0.15, 0.2) is 0 Å². The Hall–Kier alpha value is -1.08. The summed E-state index contributed by atoms with van der Waals surface area (Å²) in [7, 11) is -0.704. The zero-order valence-electron chi connectivity index (χ0n) is 28.0. The SMILES string of the molecule is CCCCCCCCCCCCCCC[C@@H]1C[C@@H](O[Si](C)(C)C(C)(C)C)[C@@H](C(=O)OC)CN1C(=O)OC(C)(C)C. The van der Waals surface area contributed by atoms with Crippen molar-refractivity contribution in [3.8, 4) is 0 Å². The lowest BCUT2D eigenvalue weighted by Crippen LogP contribution is -2.58. The van der Waals surface area contributed by atoms with Crippen molar-refractivity contribution in [2.75, 3.05) is 13.7 Å². The quantitative estimate of drug-likeness (QED) is 0.0969. The first-order valence-corrected chi connectivity index (χ1v) is 19.3. The van der Waals surface area contributed by atoms with Gasteiger partial charge in [0.15, 0.2) is 8.32 Å². The Morgan fingerprint density at radius 1 is 0.800 bits per heavy atom. The number of likely N-dealkylation sites (tertiary alicyclic amines) is 1. The van der Waals surface area contributed by atoms with Crippen molar-refractivity contribution < 1.29 is 23.5 Å². The molecule has 236 valence electrons. The number of carbonyl (C=O) groups excluding carboxylic acids is 2. The van der Waals surface area contributed by atoms with E-state index in [1.807, 2.05) is 20.8 Å². The van der Waals surface area contributed by atoms with E-state index in [0.717, 1.165) is 12.8 Å². The highest BCUT2D eigenvalue weighted by molar-refractivity contribution is 6.74. The molecule has 0 spiro atoms. The van der Waals surface area contributed by atoms with E-state index in [1.165, 1.54) is 84.2 Å². The number of hydrogen-bond acceptors (Lipinski definition) is 5. The van der Waals surface area contributed by atoms with Gasteiger partial charge in [0.25, 0.3) is 0 Å². The molecule has 0 unspecified atom stereocenters. The van der Waals surface area contributed by atoms with E-state index in [1.54, 1.807) is 4.90 Å². The summed E-state index contributed by atoms with van der Waals surface area (Å²) in [5.41, 5.74) is -0.591. The molecule has 0 aliphatic carbocycles. The number of hydrogen-bond donors (Lipinski definition) is 0. The van der Waals surface area contributed by atoms with E-state index in [9.17, 15) is 9.59 Å². The van der Waals surface area contributed by atoms with Gasteiger partial charge in [-0.3, -0.25) is 4.79 Å². The Balaban J connectivity index is 2.72. The van der Waals surface area contributed by atoms with E-state index < -0.39 is 19.8 Å². The van der Waals surface area contributed by atoms with Crippen molar-refractivity contribution in [3.05, 3.63) is 0 Å². The van der Waals surface area contributed by atoms with Crippen LogP contribution in [-0.2, 0) is 18.7 Å². The maximum Gasteiger partial charge on any atom is 0.410 e. The van der Waals surface area contributed by atoms with Gasteiger partial charge >= 0.3 is 12.1 Å². The summed E-state index contributed by atoms with van der Waals surface area (Å²) in [6.45, 7) is 19.3. The molecule has 0 aromatic rings. The van der Waals surface area contributed by atoms with Crippen molar-refractivity contribution >= 4 is 20.4 Å². The molecule has 7 heteroatoms. The molecule has 1 aliphatic heterocycles. The van der Waals surface area contributed by atoms with Crippen LogP contribution in [-0.4, -0.2) is 56.7 Å². The predicted octanol–water partition coefficient (Wildman–Crippen LogP) is 9.66. The molecular formula is C33H65NO5Si. The summed E-state index contributed by atoms with van der Waals surface area (Å²) in [6, 6.07) is -0.00164. The topological polar surface area (TPSA) is 65.1 Å². The molecule has 6 nitrogen and oxygen atoms in total. The third kappa shape index (κ3) is 13.7. The van der Waals surface area contributed by atoms with Crippen LogP contribution in [0.3, 0.4) is 0 Å². The highest BCUT2D eigenvalue weighted by atomic mass is 28.4. The van der Waals surface area contributed by atoms with Crippen molar-refractivity contribution in [3.63, 3.8) is 0 Å². The summed E-state index contributed by atoms with van der Waals surface area (Å²) in [5.74, 6) is -0.814. The van der Waals surface area contributed by atoms with Crippen LogP contribution < -0.4 is 0 Å². The predicted molar refractivity (Wildman–Crippen MR) is 169 cm³/mol. The Bertz CT molecular complexity index is 727. The standard InChI is InChI=1S/C33H65NO5Si/c1-11-12-13-14-15-16-17-18-19-20-21-22-23-24-27-25-29(39-40(9,10)33(5,6)7)28(30(35)37-8)26-34(27)31(36)38-32(2,3)4/h27-29H,11-26H2,1-10H3/t27-,28+,29-/m1/s1. The maximum absolute atomic E-state index is 13.3. The molecule has 0 aromatic carbocycles. The second-order valence-corrected chi connectivity index (χ2v) is 19.4. The fraction of sp³-hybridized carbons (Fsp3) is 0.939. The lowest BCUT2D eigenvalue weighted by molar-refractivity contribution is -0.153. The number of rotatable bonds is 17. The van der Waals surface area contributed by atoms with Crippen molar-refractivity contribution in [1.82, 2.24) is 4.90 Å². The molecule has 1 aliphatic rings. The minimum atomic E-state index is -2.12. The van der Waals surface area contributed by atoms with Gasteiger partial charge < -0.3 is 18.8 Å². The van der Waals surface area contributed by atoms with E-state index >= 15 is 0 Å². The molecule has 0 radical (unpaired) electrons. The average molecular weight is 584 g/mol. The zero-order valence-corrected chi connectivity index (χ0v) is 29.0. The molecule has 1 rings (SSSR count). The minimum Gasteiger partial charge on any atom is -0.469 e. The first-order chi connectivity index (χ1) is 18.6. The normalized spacial score (nSPS) is 20.4. The first kappa shape index (κ1) is 36.9. The van der Waals surface area contributed by atoms with Gasteiger partial charge in [0.05, 0.1) is 19.1 Å². The van der Waals surface area contributed by atoms with Crippen LogP contribution in [0.4, 0.5) is 4.79 Å². The third-order valence-electron chi connectivity index (χ3n) is 8.81. The number of amides is 1. The molecule has 0 saturated carbocycles. The average Bonchev–Trinajstić information content (AvgIpc) is 2.84. The molecule has 0 aromatic heterocycles. The number of esters is 1. The molecule has 1 fully saturated rings. The Morgan fingerprint density at radius 3 is 1.70 bits per heavy atom. The second kappa shape index (κ2) is 17.8. The first-order valence-electron chi connectivity index (χ1n) is 16.4. The molecule has 1 heterocycles. The summed E-state index contributed by atoms with van der Waals surface area (Å²) < 4.78 is 17.8. The zero-order chi connectivity index (χ0) is 30.4. The summed E-state index contributed by atoms with van der Waals surface area (Å²) in [5, 5.41) is 0.0283. The van der Waals surface area contributed by atoms with Gasteiger partial charge in [-0.15, -0.1) is 0 Å². The van der Waals surface area contributed by atoms with Crippen molar-refractivity contribution in [2.24, 2.45) is 5.92 Å². The summed E-state index contributed by atoms with van der Waals surface area (Å²) in [4.78, 5) is 28.0. The highest BCUT2D eigenvalue weighted by Crippen LogP contribution is 2.40. The molecule has 1 saturated heterocycles. The van der Waals surface area contributed by atoms with Gasteiger partial charge in [-0.2, -0.15) is 0 Å². The fourth-order valence-electron chi connectivity index (χ4n) is 5.32. The number of piperidine rings is 1. The van der Waals surface area contributed by atoms with Crippen molar-refractivity contribution in [2.45, 2.75) is 181 Å². The van der Waals surface area contributed by atoms with Gasteiger partial charge in [-0.25, -0.2) is 4.79 Å². The Kier molecular flexibility index (Phi) is 16.4. The number of methoxy groups -OCH3 is 1. The van der Waals surface area contributed by atoms with E-state index in [2.05, 4.69) is 40.8 Å². The molecule has 3 atom stereocenters. The lowest BCUT2D eigenvalue weighted by atomic mass is 9.87. The smallest absolute Gasteiger partial charge is 0.410 e. The van der Waals surface area contributed by atoms with Gasteiger partial charge in [-0.05, 0) is 51.7 Å². The lowest BCUT2D eigenvalue weighted by Gasteiger charge is -2.47. The van der Waals surface area contributed by atoms with E-state index in [4.69, 9.17) is 13.9 Å². The van der Waals surface area contributed by atoms with Crippen LogP contribution in [0.5, 0.6) is 0 Å². The number of unbranched alkanes of at least 4 members (excludes halogenated alkanes) is 12. The van der Waals surface area contributed by atoms with Crippen LogP contribution >= 0.6 is 0 Å². The van der Waals surface area contributed by atoms with Gasteiger partial charge in [0, 0.05) is 12.6 Å². The largest absolute Gasteiger partial charge is 0.469 e. The molecule has 1 amide bonds. The van der Waals surface area contributed by atoms with Gasteiger partial charge in [0.2, 0.25) is 0 Å². The Labute approximate surface area is 248 Å². The highest BCUT2D eigenvalue weighted by Gasteiger charge is 2.48. The summed E-state index contributed by atoms with van der Waals surface area (Å²) >= 11 is 0. The van der Waals surface area contributed by atoms with Gasteiger partial charge in [0.1, 0.15) is 5.60 Å². The van der Waals surface area contributed by atoms with Crippen LogP contribution in [0, 0.1) is 5.92 Å². The Morgan fingerprint density at radius 2 is 1.27 bits per heavy atom. The number of ether oxygens (including phenoxy) is 2. The van der Waals surface area contributed by atoms with Crippen LogP contribution in [0.2, 0.25) is 18.1 Å². The van der Waals surface area contributed by atoms with Gasteiger partial charge in [-0.1, -0.05) is 111 Å². The van der Waals surface area contributed by atoms with Crippen LogP contribution in [0.25, 0.3) is 0 Å². The number of carbonyl (C=O) groups is 2. The molecular weight excluding hydrogens is 518 g/mol. The number of nitrogens with zero attached hydrogens (tertiary/aromatic N) is 1. The summed E-state index contributed by atoms with van der Waals surface area (Å²) in [6.07, 6.45) is 18.0. The minimum absolute atomic E-state index is 0.00164. The van der Waals surface area contributed by atoms with E-state index in [0.29, 0.717) is 6.42 Å². The molecule has 0 bridgehead atoms. The second-order valence-electron chi connectivity index (χ2n) is 14.6. The monoisotopic (exact) mass is 583 g/mol. The maximum atomic E-state index is 13.3. The van der Waals surface area contributed by atoms with E-state index in [-0.39, 0.29) is 35.8 Å².